The predicted octanol–water partition coefficient (Wildman–Crippen LogP) is 3.96. The lowest BCUT2D eigenvalue weighted by atomic mass is 9.98. The van der Waals surface area contributed by atoms with Crippen molar-refractivity contribution >= 4 is 32.8 Å². The second-order valence-corrected chi connectivity index (χ2v) is 8.99. The summed E-state index contributed by atoms with van der Waals surface area (Å²) in [6.07, 6.45) is 0.759. The van der Waals surface area contributed by atoms with Gasteiger partial charge >= 0.3 is 0 Å². The fourth-order valence-corrected chi connectivity index (χ4v) is 4.77. The van der Waals surface area contributed by atoms with Gasteiger partial charge < -0.3 is 14.1 Å². The number of ether oxygens (including phenoxy) is 1. The van der Waals surface area contributed by atoms with Crippen LogP contribution in [0.2, 0.25) is 0 Å². The van der Waals surface area contributed by atoms with Gasteiger partial charge in [0.2, 0.25) is 5.76 Å². The topological polar surface area (TPSA) is 63.0 Å². The Morgan fingerprint density at radius 1 is 1.03 bits per heavy atom. The highest BCUT2D eigenvalue weighted by Gasteiger charge is 2.42. The molecule has 3 aromatic rings. The molecule has 1 fully saturated rings. The largest absolute Gasteiger partial charge is 0.450 e. The summed E-state index contributed by atoms with van der Waals surface area (Å²) in [5.41, 5.74) is 0.947. The highest BCUT2D eigenvalue weighted by Crippen LogP contribution is 2.38. The zero-order chi connectivity index (χ0) is 22.2. The molecule has 0 saturated carbocycles. The van der Waals surface area contributed by atoms with Gasteiger partial charge in [-0.2, -0.15) is 0 Å². The van der Waals surface area contributed by atoms with Crippen molar-refractivity contribution < 1.29 is 18.3 Å². The number of halogens is 2. The van der Waals surface area contributed by atoms with E-state index in [1.54, 1.807) is 4.90 Å². The molecule has 0 aliphatic carbocycles. The van der Waals surface area contributed by atoms with Gasteiger partial charge in [0.1, 0.15) is 11.4 Å². The summed E-state index contributed by atoms with van der Waals surface area (Å²) in [4.78, 5) is 30.8. The number of benzene rings is 2. The van der Waals surface area contributed by atoms with E-state index >= 15 is 0 Å². The molecule has 166 valence electrons. The van der Waals surface area contributed by atoms with Gasteiger partial charge in [-0.25, -0.2) is 4.39 Å². The Morgan fingerprint density at radius 3 is 2.53 bits per heavy atom. The van der Waals surface area contributed by atoms with Crippen molar-refractivity contribution in [3.8, 4) is 0 Å². The maximum Gasteiger partial charge on any atom is 0.290 e. The van der Waals surface area contributed by atoms with E-state index in [1.807, 2.05) is 24.3 Å². The maximum absolute atomic E-state index is 13.9. The van der Waals surface area contributed by atoms with Crippen LogP contribution in [-0.2, 0) is 4.74 Å². The van der Waals surface area contributed by atoms with E-state index in [-0.39, 0.29) is 33.6 Å². The average molecular weight is 501 g/mol. The Bertz CT molecular complexity index is 1220. The third-order valence-corrected chi connectivity index (χ3v) is 6.62. The summed E-state index contributed by atoms with van der Waals surface area (Å²) in [6, 6.07) is 10.8. The fourth-order valence-electron chi connectivity index (χ4n) is 4.50. The van der Waals surface area contributed by atoms with Crippen LogP contribution in [0.4, 0.5) is 4.39 Å². The molecular formula is C24H22BrFN2O4. The van der Waals surface area contributed by atoms with Crippen LogP contribution >= 0.6 is 15.9 Å². The molecule has 1 atom stereocenters. The number of nitrogens with zero attached hydrogens (tertiary/aromatic N) is 2. The van der Waals surface area contributed by atoms with Crippen LogP contribution in [0, 0.1) is 5.82 Å². The van der Waals surface area contributed by atoms with E-state index < -0.39 is 11.9 Å². The summed E-state index contributed by atoms with van der Waals surface area (Å²) in [7, 11) is 0. The van der Waals surface area contributed by atoms with Gasteiger partial charge in [0, 0.05) is 30.7 Å². The highest BCUT2D eigenvalue weighted by molar-refractivity contribution is 9.10. The third kappa shape index (κ3) is 3.87. The molecule has 0 spiro atoms. The molecule has 6 nitrogen and oxygen atoms in total. The molecule has 0 N–H and O–H groups in total. The molecule has 1 unspecified atom stereocenters. The third-order valence-electron chi connectivity index (χ3n) is 6.09. The van der Waals surface area contributed by atoms with Crippen LogP contribution in [0.5, 0.6) is 0 Å². The van der Waals surface area contributed by atoms with Crippen LogP contribution in [0.1, 0.15) is 34.1 Å². The molecule has 2 aliphatic heterocycles. The minimum atomic E-state index is -0.570. The Morgan fingerprint density at radius 2 is 1.78 bits per heavy atom. The van der Waals surface area contributed by atoms with Crippen LogP contribution in [-0.4, -0.2) is 55.1 Å². The van der Waals surface area contributed by atoms with Crippen LogP contribution < -0.4 is 5.43 Å². The zero-order valence-corrected chi connectivity index (χ0v) is 18.9. The Balaban J connectivity index is 1.53. The first-order valence-electron chi connectivity index (χ1n) is 10.7. The van der Waals surface area contributed by atoms with E-state index in [1.165, 1.54) is 18.2 Å². The van der Waals surface area contributed by atoms with Crippen molar-refractivity contribution in [1.82, 2.24) is 9.80 Å². The number of rotatable bonds is 5. The summed E-state index contributed by atoms with van der Waals surface area (Å²) >= 11 is 3.44. The second-order valence-electron chi connectivity index (χ2n) is 8.07. The lowest BCUT2D eigenvalue weighted by Gasteiger charge is -2.29. The molecular weight excluding hydrogens is 479 g/mol. The van der Waals surface area contributed by atoms with E-state index in [0.717, 1.165) is 49.3 Å². The van der Waals surface area contributed by atoms with Gasteiger partial charge in [-0.15, -0.1) is 0 Å². The van der Waals surface area contributed by atoms with Crippen LogP contribution in [0.3, 0.4) is 0 Å². The molecule has 2 aliphatic rings. The van der Waals surface area contributed by atoms with Gasteiger partial charge in [0.25, 0.3) is 5.91 Å². The second kappa shape index (κ2) is 8.77. The van der Waals surface area contributed by atoms with Gasteiger partial charge in [-0.1, -0.05) is 28.1 Å². The van der Waals surface area contributed by atoms with Crippen molar-refractivity contribution in [2.75, 3.05) is 39.4 Å². The number of morpholine rings is 1. The first kappa shape index (κ1) is 21.3. The lowest BCUT2D eigenvalue weighted by molar-refractivity contribution is 0.0353. The van der Waals surface area contributed by atoms with Crippen molar-refractivity contribution in [2.24, 2.45) is 0 Å². The minimum Gasteiger partial charge on any atom is -0.450 e. The number of hydrogen-bond acceptors (Lipinski definition) is 5. The van der Waals surface area contributed by atoms with Gasteiger partial charge in [-0.3, -0.25) is 14.5 Å². The van der Waals surface area contributed by atoms with Crippen molar-refractivity contribution in [1.29, 1.82) is 0 Å². The average Bonchev–Trinajstić information content (AvgIpc) is 3.08. The zero-order valence-electron chi connectivity index (χ0n) is 17.4. The number of carbonyl (C=O) groups excluding carboxylic acids is 1. The van der Waals surface area contributed by atoms with Crippen LogP contribution in [0.25, 0.3) is 11.0 Å². The van der Waals surface area contributed by atoms with E-state index in [4.69, 9.17) is 9.15 Å². The molecule has 8 heteroatoms. The normalized spacial score (nSPS) is 19.0. The number of amides is 1. The Labute approximate surface area is 192 Å². The summed E-state index contributed by atoms with van der Waals surface area (Å²) in [6.45, 7) is 4.51. The molecule has 3 heterocycles. The van der Waals surface area contributed by atoms with Crippen molar-refractivity contribution in [2.45, 2.75) is 12.5 Å². The van der Waals surface area contributed by atoms with Gasteiger partial charge in [0.05, 0.1) is 30.2 Å². The SMILES string of the molecule is O=C1c2oc3ccc(F)cc3c(=O)c2C(c2ccc(Br)cc2)N1CCCN1CCOCC1. The number of hydrogen-bond donors (Lipinski definition) is 0. The highest BCUT2D eigenvalue weighted by atomic mass is 79.9. The molecule has 32 heavy (non-hydrogen) atoms. The smallest absolute Gasteiger partial charge is 0.290 e. The molecule has 5 rings (SSSR count). The first-order chi connectivity index (χ1) is 15.5. The maximum atomic E-state index is 13.9. The Kier molecular flexibility index (Phi) is 5.84. The van der Waals surface area contributed by atoms with E-state index in [2.05, 4.69) is 20.8 Å². The molecule has 2 aromatic carbocycles. The lowest BCUT2D eigenvalue weighted by Crippen LogP contribution is -2.38. The quantitative estimate of drug-likeness (QED) is 0.530. The summed E-state index contributed by atoms with van der Waals surface area (Å²) in [5, 5.41) is 0.147. The molecule has 1 aromatic heterocycles. The Hall–Kier alpha value is -2.55. The fraction of sp³-hybridized carbons (Fsp3) is 0.333. The molecule has 0 bridgehead atoms. The molecule has 1 amide bonds. The predicted molar refractivity (Wildman–Crippen MR) is 121 cm³/mol. The minimum absolute atomic E-state index is 0.0494. The van der Waals surface area contributed by atoms with Crippen molar-refractivity contribution in [3.05, 3.63) is 79.9 Å². The van der Waals surface area contributed by atoms with E-state index in [9.17, 15) is 14.0 Å². The van der Waals surface area contributed by atoms with Gasteiger partial charge in [0.15, 0.2) is 5.43 Å². The number of fused-ring (bicyclic) bond motifs is 2. The van der Waals surface area contributed by atoms with E-state index in [0.29, 0.717) is 6.54 Å². The van der Waals surface area contributed by atoms with Crippen LogP contribution in [0.15, 0.2) is 56.1 Å². The van der Waals surface area contributed by atoms with Crippen molar-refractivity contribution in [3.63, 3.8) is 0 Å². The van der Waals surface area contributed by atoms with Gasteiger partial charge in [-0.05, 0) is 42.3 Å². The monoisotopic (exact) mass is 500 g/mol. The first-order valence-corrected chi connectivity index (χ1v) is 11.4. The molecule has 1 saturated heterocycles. The summed E-state index contributed by atoms with van der Waals surface area (Å²) in [5.74, 6) is -0.775. The standard InChI is InChI=1S/C24H22BrFN2O4/c25-16-4-2-15(3-5-16)21-20-22(29)18-14-17(26)6-7-19(18)32-23(20)24(30)28(21)9-1-8-27-10-12-31-13-11-27/h2-7,14,21H,1,8-13H2. The summed E-state index contributed by atoms with van der Waals surface area (Å²) < 4.78 is 26.0. The molecule has 0 radical (unpaired) electrons. The number of carbonyl (C=O) groups is 1.